The van der Waals surface area contributed by atoms with Gasteiger partial charge >= 0.3 is 0 Å². The van der Waals surface area contributed by atoms with Crippen LogP contribution in [-0.4, -0.2) is 14.5 Å². The Morgan fingerprint density at radius 1 is 1.15 bits per heavy atom. The lowest BCUT2D eigenvalue weighted by atomic mass is 10.2. The van der Waals surface area contributed by atoms with E-state index < -0.39 is 0 Å². The minimum atomic E-state index is -0.160. The Balaban J connectivity index is 1.68. The lowest BCUT2D eigenvalue weighted by Crippen LogP contribution is -2.19. The van der Waals surface area contributed by atoms with Crippen molar-refractivity contribution in [3.8, 4) is 5.69 Å². The third kappa shape index (κ3) is 3.75. The van der Waals surface area contributed by atoms with E-state index in [0.29, 0.717) is 26.1 Å². The fourth-order valence-electron chi connectivity index (χ4n) is 2.67. The third-order valence-electron chi connectivity index (χ3n) is 4.00. The molecule has 136 valence electrons. The Bertz CT molecular complexity index is 1170. The highest BCUT2D eigenvalue weighted by Crippen LogP contribution is 2.30. The molecular weight excluding hydrogens is 421 g/mol. The van der Waals surface area contributed by atoms with Crippen molar-refractivity contribution in [2.75, 3.05) is 0 Å². The predicted octanol–water partition coefficient (Wildman–Crippen LogP) is 5.75. The molecule has 0 amide bonds. The molecule has 0 saturated heterocycles. The quantitative estimate of drug-likeness (QED) is 0.384. The zero-order valence-electron chi connectivity index (χ0n) is 14.1. The molecule has 0 spiro atoms. The molecule has 0 radical (unpaired) electrons. The number of halogens is 2. The zero-order chi connectivity index (χ0) is 19.0. The van der Waals surface area contributed by atoms with Gasteiger partial charge in [0.1, 0.15) is 11.0 Å². The summed E-state index contributed by atoms with van der Waals surface area (Å²) in [5.74, 6) is 0.745. The summed E-state index contributed by atoms with van der Waals surface area (Å²) in [5, 5.41) is 1.23. The molecule has 0 aliphatic heterocycles. The first-order chi connectivity index (χ1) is 13.0. The summed E-state index contributed by atoms with van der Waals surface area (Å²) in [6.07, 6.45) is 1.49. The Morgan fingerprint density at radius 3 is 2.67 bits per heavy atom. The summed E-state index contributed by atoms with van der Waals surface area (Å²) in [6, 6.07) is 13.2. The van der Waals surface area contributed by atoms with Crippen molar-refractivity contribution in [1.82, 2.24) is 14.5 Å². The number of hydrogen-bond acceptors (Lipinski definition) is 5. The van der Waals surface area contributed by atoms with E-state index in [2.05, 4.69) is 9.97 Å². The van der Waals surface area contributed by atoms with Crippen LogP contribution in [0.2, 0.25) is 10.0 Å². The number of benzene rings is 2. The van der Waals surface area contributed by atoms with Gasteiger partial charge in [-0.25, -0.2) is 9.97 Å². The first-order valence-corrected chi connectivity index (χ1v) is 10.6. The van der Waals surface area contributed by atoms with Crippen molar-refractivity contribution in [3.63, 3.8) is 0 Å². The van der Waals surface area contributed by atoms with Gasteiger partial charge in [0.25, 0.3) is 5.56 Å². The van der Waals surface area contributed by atoms with Crippen molar-refractivity contribution in [3.05, 3.63) is 80.3 Å². The van der Waals surface area contributed by atoms with E-state index in [1.54, 1.807) is 17.8 Å². The van der Waals surface area contributed by atoms with Gasteiger partial charge in [-0.3, -0.25) is 9.36 Å². The van der Waals surface area contributed by atoms with Crippen LogP contribution in [0.25, 0.3) is 16.0 Å². The normalized spacial score (nSPS) is 11.2. The van der Waals surface area contributed by atoms with Crippen LogP contribution in [0.15, 0.2) is 57.9 Å². The van der Waals surface area contributed by atoms with Crippen LogP contribution in [0.1, 0.15) is 11.1 Å². The standard InChI is InChI=1S/C19H13Cl2N3OS2/c1-11-3-2-4-14(21)15(11)24-10-22-17-16(18(24)25)27-19(23-17)26-9-12-5-7-13(20)8-6-12/h2-8,10H,9H2,1H3. The highest BCUT2D eigenvalue weighted by molar-refractivity contribution is 8.00. The summed E-state index contributed by atoms with van der Waals surface area (Å²) in [7, 11) is 0. The zero-order valence-corrected chi connectivity index (χ0v) is 17.3. The number of para-hydroxylation sites is 1. The van der Waals surface area contributed by atoms with Crippen molar-refractivity contribution in [2.45, 2.75) is 17.0 Å². The number of hydrogen-bond donors (Lipinski definition) is 0. The number of nitrogens with zero attached hydrogens (tertiary/aromatic N) is 3. The second-order valence-electron chi connectivity index (χ2n) is 5.87. The maximum atomic E-state index is 13.0. The minimum Gasteiger partial charge on any atom is -0.267 e. The number of thiazole rings is 1. The van der Waals surface area contributed by atoms with Gasteiger partial charge < -0.3 is 0 Å². The largest absolute Gasteiger partial charge is 0.277 e. The average Bonchev–Trinajstić information content (AvgIpc) is 3.07. The van der Waals surface area contributed by atoms with E-state index >= 15 is 0 Å². The molecular formula is C19H13Cl2N3OS2. The predicted molar refractivity (Wildman–Crippen MR) is 114 cm³/mol. The smallest absolute Gasteiger partial charge is 0.267 e. The highest BCUT2D eigenvalue weighted by atomic mass is 35.5. The minimum absolute atomic E-state index is 0.160. The number of thioether (sulfide) groups is 1. The fourth-order valence-corrected chi connectivity index (χ4v) is 5.09. The molecule has 2 aromatic carbocycles. The second kappa shape index (κ2) is 7.64. The van der Waals surface area contributed by atoms with Gasteiger partial charge in [-0.1, -0.05) is 59.2 Å². The van der Waals surface area contributed by atoms with E-state index in [1.807, 2.05) is 43.3 Å². The Morgan fingerprint density at radius 2 is 1.93 bits per heavy atom. The molecule has 0 fully saturated rings. The molecule has 0 N–H and O–H groups in total. The summed E-state index contributed by atoms with van der Waals surface area (Å²) >= 11 is 15.1. The van der Waals surface area contributed by atoms with Crippen LogP contribution < -0.4 is 5.56 Å². The van der Waals surface area contributed by atoms with Gasteiger partial charge in [-0.2, -0.15) is 0 Å². The van der Waals surface area contributed by atoms with Gasteiger partial charge in [-0.15, -0.1) is 11.3 Å². The molecule has 8 heteroatoms. The summed E-state index contributed by atoms with van der Waals surface area (Å²) < 4.78 is 2.82. The van der Waals surface area contributed by atoms with E-state index in [9.17, 15) is 4.79 Å². The van der Waals surface area contributed by atoms with E-state index in [-0.39, 0.29) is 5.56 Å². The van der Waals surface area contributed by atoms with Crippen molar-refractivity contribution >= 4 is 56.6 Å². The molecule has 0 unspecified atom stereocenters. The van der Waals surface area contributed by atoms with Crippen LogP contribution in [0.5, 0.6) is 0 Å². The van der Waals surface area contributed by atoms with Gasteiger partial charge in [0.2, 0.25) is 0 Å². The molecule has 27 heavy (non-hydrogen) atoms. The van der Waals surface area contributed by atoms with E-state index in [4.69, 9.17) is 23.2 Å². The third-order valence-corrected chi connectivity index (χ3v) is 6.81. The molecule has 0 saturated carbocycles. The molecule has 0 aliphatic carbocycles. The molecule has 2 heterocycles. The van der Waals surface area contributed by atoms with Crippen molar-refractivity contribution < 1.29 is 0 Å². The monoisotopic (exact) mass is 433 g/mol. The molecule has 4 nitrogen and oxygen atoms in total. The SMILES string of the molecule is Cc1cccc(Cl)c1-n1cnc2nc(SCc3ccc(Cl)cc3)sc2c1=O. The van der Waals surface area contributed by atoms with Crippen molar-refractivity contribution in [1.29, 1.82) is 0 Å². The highest BCUT2D eigenvalue weighted by Gasteiger charge is 2.15. The molecule has 0 atom stereocenters. The van der Waals surface area contributed by atoms with E-state index in [1.165, 1.54) is 22.2 Å². The second-order valence-corrected chi connectivity index (χ2v) is 8.94. The molecule has 4 rings (SSSR count). The molecule has 0 aliphatic rings. The molecule has 4 aromatic rings. The van der Waals surface area contributed by atoms with Crippen LogP contribution in [-0.2, 0) is 5.75 Å². The van der Waals surface area contributed by atoms with E-state index in [0.717, 1.165) is 21.2 Å². The first-order valence-electron chi connectivity index (χ1n) is 8.04. The lowest BCUT2D eigenvalue weighted by molar-refractivity contribution is 0.950. The maximum absolute atomic E-state index is 13.0. The molecule has 2 aromatic heterocycles. The Labute approximate surface area is 173 Å². The Kier molecular flexibility index (Phi) is 5.23. The number of aromatic nitrogens is 3. The average molecular weight is 434 g/mol. The van der Waals surface area contributed by atoms with Crippen LogP contribution in [0.4, 0.5) is 0 Å². The Hall–Kier alpha value is -1.86. The number of rotatable bonds is 4. The molecule has 0 bridgehead atoms. The van der Waals surface area contributed by atoms with Crippen molar-refractivity contribution in [2.24, 2.45) is 0 Å². The van der Waals surface area contributed by atoms with Gasteiger partial charge in [0.05, 0.1) is 10.7 Å². The van der Waals surface area contributed by atoms with Gasteiger partial charge in [0, 0.05) is 10.8 Å². The fraction of sp³-hybridized carbons (Fsp3) is 0.105. The number of aryl methyl sites for hydroxylation is 1. The van der Waals surface area contributed by atoms with Crippen LogP contribution >= 0.6 is 46.3 Å². The lowest BCUT2D eigenvalue weighted by Gasteiger charge is -2.10. The van der Waals surface area contributed by atoms with Crippen LogP contribution in [0, 0.1) is 6.92 Å². The number of fused-ring (bicyclic) bond motifs is 1. The maximum Gasteiger partial charge on any atom is 0.277 e. The summed E-state index contributed by atoms with van der Waals surface area (Å²) in [4.78, 5) is 21.8. The summed E-state index contributed by atoms with van der Waals surface area (Å²) in [5.41, 5.74) is 3.01. The van der Waals surface area contributed by atoms with Gasteiger partial charge in [0.15, 0.2) is 9.99 Å². The first kappa shape index (κ1) is 18.5. The topological polar surface area (TPSA) is 47.8 Å². The van der Waals surface area contributed by atoms with Crippen LogP contribution in [0.3, 0.4) is 0 Å². The van der Waals surface area contributed by atoms with Gasteiger partial charge in [-0.05, 0) is 36.2 Å². The summed E-state index contributed by atoms with van der Waals surface area (Å²) in [6.45, 7) is 1.91.